The number of hydrogen-bond acceptors (Lipinski definition) is 3. The van der Waals surface area contributed by atoms with Gasteiger partial charge in [0.1, 0.15) is 0 Å². The van der Waals surface area contributed by atoms with Crippen LogP contribution in [0, 0.1) is 11.8 Å². The molecule has 2 fully saturated rings. The van der Waals surface area contributed by atoms with Gasteiger partial charge in [-0.1, -0.05) is 43.2 Å². The lowest BCUT2D eigenvalue weighted by Gasteiger charge is -2.19. The van der Waals surface area contributed by atoms with Crippen molar-refractivity contribution >= 4 is 17.7 Å². The van der Waals surface area contributed by atoms with Gasteiger partial charge in [-0.3, -0.25) is 19.3 Å². The first-order chi connectivity index (χ1) is 12.6. The summed E-state index contributed by atoms with van der Waals surface area (Å²) in [5.74, 6) is -0.497. The second-order valence-electron chi connectivity index (χ2n) is 7.57. The molecule has 3 rings (SSSR count). The highest BCUT2D eigenvalue weighted by molar-refractivity contribution is 6.05. The molecular formula is C21H28N2O3. The lowest BCUT2D eigenvalue weighted by Crippen LogP contribution is -2.38. The molecule has 5 heteroatoms. The minimum Gasteiger partial charge on any atom is -0.354 e. The number of hydrogen-bond donors (Lipinski definition) is 1. The Morgan fingerprint density at radius 3 is 2.35 bits per heavy atom. The molecule has 1 aliphatic carbocycles. The van der Waals surface area contributed by atoms with Crippen molar-refractivity contribution in [2.45, 2.75) is 57.9 Å². The van der Waals surface area contributed by atoms with Crippen LogP contribution in [-0.4, -0.2) is 35.2 Å². The molecule has 3 amide bonds. The third-order valence-corrected chi connectivity index (χ3v) is 5.61. The van der Waals surface area contributed by atoms with Gasteiger partial charge in [0.15, 0.2) is 0 Å². The normalized spacial score (nSPS) is 23.7. The number of amides is 3. The van der Waals surface area contributed by atoms with Gasteiger partial charge in [0.25, 0.3) is 0 Å². The van der Waals surface area contributed by atoms with Crippen molar-refractivity contribution in [2.75, 3.05) is 6.54 Å². The van der Waals surface area contributed by atoms with Crippen LogP contribution in [0.5, 0.6) is 0 Å². The van der Waals surface area contributed by atoms with E-state index in [1.54, 1.807) is 0 Å². The van der Waals surface area contributed by atoms with Crippen molar-refractivity contribution < 1.29 is 14.4 Å². The summed E-state index contributed by atoms with van der Waals surface area (Å²) in [6, 6.07) is 10.2. The van der Waals surface area contributed by atoms with Crippen molar-refractivity contribution in [3.8, 4) is 0 Å². The highest BCUT2D eigenvalue weighted by Crippen LogP contribution is 2.37. The largest absolute Gasteiger partial charge is 0.354 e. The Morgan fingerprint density at radius 1 is 1.12 bits per heavy atom. The molecule has 3 atom stereocenters. The summed E-state index contributed by atoms with van der Waals surface area (Å²) in [6.07, 6.45) is 5.63. The molecular weight excluding hydrogens is 328 g/mol. The Hall–Kier alpha value is -2.17. The van der Waals surface area contributed by atoms with E-state index in [0.29, 0.717) is 0 Å². The first-order valence-electron chi connectivity index (χ1n) is 9.75. The van der Waals surface area contributed by atoms with Crippen molar-refractivity contribution in [3.63, 3.8) is 0 Å². The zero-order valence-electron chi connectivity index (χ0n) is 15.4. The summed E-state index contributed by atoms with van der Waals surface area (Å²) in [7, 11) is 0. The number of nitrogens with one attached hydrogen (secondary N) is 1. The molecule has 26 heavy (non-hydrogen) atoms. The minimum absolute atomic E-state index is 0.0651. The van der Waals surface area contributed by atoms with Crippen LogP contribution < -0.4 is 5.32 Å². The van der Waals surface area contributed by atoms with Crippen LogP contribution in [0.25, 0.3) is 0 Å². The molecule has 1 heterocycles. The molecule has 1 saturated heterocycles. The van der Waals surface area contributed by atoms with Gasteiger partial charge in [-0.25, -0.2) is 0 Å². The molecule has 1 N–H and O–H groups in total. The van der Waals surface area contributed by atoms with E-state index in [-0.39, 0.29) is 48.6 Å². The Morgan fingerprint density at radius 2 is 1.73 bits per heavy atom. The van der Waals surface area contributed by atoms with E-state index in [2.05, 4.69) is 17.4 Å². The van der Waals surface area contributed by atoms with Gasteiger partial charge in [-0.05, 0) is 38.2 Å². The van der Waals surface area contributed by atoms with Gasteiger partial charge in [-0.2, -0.15) is 0 Å². The lowest BCUT2D eigenvalue weighted by molar-refractivity contribution is -0.140. The maximum Gasteiger partial charge on any atom is 0.233 e. The molecule has 0 unspecified atom stereocenters. The smallest absolute Gasteiger partial charge is 0.233 e. The lowest BCUT2D eigenvalue weighted by atomic mass is 9.81. The average molecular weight is 356 g/mol. The first kappa shape index (κ1) is 18.6. The topological polar surface area (TPSA) is 66.5 Å². The number of carbonyl (C=O) groups is 3. The summed E-state index contributed by atoms with van der Waals surface area (Å²) in [4.78, 5) is 38.4. The van der Waals surface area contributed by atoms with E-state index >= 15 is 0 Å². The van der Waals surface area contributed by atoms with E-state index < -0.39 is 0 Å². The average Bonchev–Trinajstić information content (AvgIpc) is 2.90. The van der Waals surface area contributed by atoms with E-state index in [4.69, 9.17) is 0 Å². The molecule has 2 aliphatic rings. The molecule has 0 aromatic heterocycles. The van der Waals surface area contributed by atoms with Crippen LogP contribution in [0.1, 0.15) is 51.0 Å². The summed E-state index contributed by atoms with van der Waals surface area (Å²) >= 11 is 0. The SMILES string of the molecule is C[C@@H](CCc1ccccc1)NC(=O)CCN1C(=O)[C@H]2CCCC[C@@H]2C1=O. The summed E-state index contributed by atoms with van der Waals surface area (Å²) in [5.41, 5.74) is 1.25. The molecule has 1 aromatic rings. The number of likely N-dealkylation sites (tertiary alicyclic amines) is 1. The van der Waals surface area contributed by atoms with E-state index in [1.165, 1.54) is 10.5 Å². The molecule has 1 aromatic carbocycles. The quantitative estimate of drug-likeness (QED) is 0.764. The first-order valence-corrected chi connectivity index (χ1v) is 9.75. The highest BCUT2D eigenvalue weighted by Gasteiger charge is 2.47. The van der Waals surface area contributed by atoms with Crippen molar-refractivity contribution in [1.82, 2.24) is 10.2 Å². The predicted octanol–water partition coefficient (Wildman–Crippen LogP) is 2.69. The molecule has 1 aliphatic heterocycles. The summed E-state index contributed by atoms with van der Waals surface area (Å²) in [5, 5.41) is 2.98. The fourth-order valence-corrected chi connectivity index (χ4v) is 4.11. The number of benzene rings is 1. The third-order valence-electron chi connectivity index (χ3n) is 5.61. The van der Waals surface area contributed by atoms with Crippen molar-refractivity contribution in [2.24, 2.45) is 11.8 Å². The predicted molar refractivity (Wildman–Crippen MR) is 99.2 cm³/mol. The second kappa shape index (κ2) is 8.47. The van der Waals surface area contributed by atoms with Crippen LogP contribution in [0.4, 0.5) is 0 Å². The highest BCUT2D eigenvalue weighted by atomic mass is 16.2. The Labute approximate surface area is 155 Å². The zero-order chi connectivity index (χ0) is 18.5. The number of carbonyl (C=O) groups excluding carboxylic acids is 3. The Balaban J connectivity index is 1.42. The fourth-order valence-electron chi connectivity index (χ4n) is 4.11. The van der Waals surface area contributed by atoms with Crippen LogP contribution in [0.15, 0.2) is 30.3 Å². The minimum atomic E-state index is -0.135. The Bertz CT molecular complexity index is 634. The molecule has 0 spiro atoms. The van der Waals surface area contributed by atoms with E-state index in [0.717, 1.165) is 38.5 Å². The van der Waals surface area contributed by atoms with Gasteiger partial charge in [0.2, 0.25) is 17.7 Å². The van der Waals surface area contributed by atoms with Crippen LogP contribution in [0.3, 0.4) is 0 Å². The summed E-state index contributed by atoms with van der Waals surface area (Å²) < 4.78 is 0. The fraction of sp³-hybridized carbons (Fsp3) is 0.571. The number of fused-ring (bicyclic) bond motifs is 1. The second-order valence-corrected chi connectivity index (χ2v) is 7.57. The van der Waals surface area contributed by atoms with Crippen molar-refractivity contribution in [3.05, 3.63) is 35.9 Å². The number of rotatable bonds is 7. The molecule has 0 radical (unpaired) electrons. The number of imide groups is 1. The molecule has 0 bridgehead atoms. The Kier molecular flexibility index (Phi) is 6.07. The molecule has 1 saturated carbocycles. The number of aryl methyl sites for hydroxylation is 1. The van der Waals surface area contributed by atoms with Crippen molar-refractivity contribution in [1.29, 1.82) is 0 Å². The van der Waals surface area contributed by atoms with Gasteiger partial charge in [0, 0.05) is 19.0 Å². The monoisotopic (exact) mass is 356 g/mol. The summed E-state index contributed by atoms with van der Waals surface area (Å²) in [6.45, 7) is 2.20. The molecule has 140 valence electrons. The number of nitrogens with zero attached hydrogens (tertiary/aromatic N) is 1. The van der Waals surface area contributed by atoms with Gasteiger partial charge in [-0.15, -0.1) is 0 Å². The standard InChI is InChI=1S/C21H28N2O3/c1-15(11-12-16-7-3-2-4-8-16)22-19(24)13-14-23-20(25)17-9-5-6-10-18(17)21(23)26/h2-4,7-8,15,17-18H,5-6,9-14H2,1H3,(H,22,24)/t15-,17-,18-/m0/s1. The third kappa shape index (κ3) is 4.32. The maximum atomic E-state index is 12.4. The van der Waals surface area contributed by atoms with E-state index in [9.17, 15) is 14.4 Å². The van der Waals surface area contributed by atoms with Crippen LogP contribution in [-0.2, 0) is 20.8 Å². The van der Waals surface area contributed by atoms with Gasteiger partial charge >= 0.3 is 0 Å². The zero-order valence-corrected chi connectivity index (χ0v) is 15.4. The van der Waals surface area contributed by atoms with Gasteiger partial charge < -0.3 is 5.32 Å². The maximum absolute atomic E-state index is 12.4. The van der Waals surface area contributed by atoms with Gasteiger partial charge in [0.05, 0.1) is 11.8 Å². The van der Waals surface area contributed by atoms with Crippen LogP contribution >= 0.6 is 0 Å². The molecule has 5 nitrogen and oxygen atoms in total. The van der Waals surface area contributed by atoms with Crippen LogP contribution in [0.2, 0.25) is 0 Å². The van der Waals surface area contributed by atoms with E-state index in [1.807, 2.05) is 25.1 Å².